The monoisotopic (exact) mass is 308 g/mol. The largest absolute Gasteiger partial charge is 0.505 e. The number of hydrogen-bond donors (Lipinski definition) is 1. The molecule has 0 fully saturated rings. The van der Waals surface area contributed by atoms with Crippen molar-refractivity contribution in [1.82, 2.24) is 0 Å². The normalized spacial score (nSPS) is 10.5. The van der Waals surface area contributed by atoms with Gasteiger partial charge in [-0.15, -0.1) is 0 Å². The van der Waals surface area contributed by atoms with Crippen LogP contribution in [0.2, 0.25) is 10.0 Å². The summed E-state index contributed by atoms with van der Waals surface area (Å²) in [4.78, 5) is 11.9. The molecule has 2 nitrogen and oxygen atoms in total. The molecule has 104 valence electrons. The van der Waals surface area contributed by atoms with Gasteiger partial charge in [-0.3, -0.25) is 4.79 Å². The van der Waals surface area contributed by atoms with E-state index in [1.807, 2.05) is 30.3 Å². The van der Waals surface area contributed by atoms with Crippen LogP contribution < -0.4 is 0 Å². The number of rotatable bonds is 5. The van der Waals surface area contributed by atoms with Crippen LogP contribution in [0.15, 0.2) is 42.5 Å². The van der Waals surface area contributed by atoms with E-state index in [9.17, 15) is 9.90 Å². The van der Waals surface area contributed by atoms with Gasteiger partial charge in [-0.25, -0.2) is 0 Å². The van der Waals surface area contributed by atoms with Crippen molar-refractivity contribution < 1.29 is 9.90 Å². The van der Waals surface area contributed by atoms with E-state index in [1.54, 1.807) is 12.1 Å². The summed E-state index contributed by atoms with van der Waals surface area (Å²) in [6.07, 6.45) is 1.46. The second-order valence-corrected chi connectivity index (χ2v) is 5.42. The summed E-state index contributed by atoms with van der Waals surface area (Å²) in [6, 6.07) is 13.0. The minimum atomic E-state index is -0.145. The molecule has 0 aromatic heterocycles. The quantitative estimate of drug-likeness (QED) is 0.886. The van der Waals surface area contributed by atoms with Crippen molar-refractivity contribution in [3.8, 4) is 5.75 Å². The van der Waals surface area contributed by atoms with Gasteiger partial charge in [0, 0.05) is 12.8 Å². The smallest absolute Gasteiger partial charge is 0.152 e. The van der Waals surface area contributed by atoms with E-state index in [-0.39, 0.29) is 28.0 Å². The van der Waals surface area contributed by atoms with E-state index >= 15 is 0 Å². The number of phenolic OH excluding ortho intramolecular Hbond substituents is 1. The lowest BCUT2D eigenvalue weighted by Gasteiger charge is -2.05. The zero-order valence-corrected chi connectivity index (χ0v) is 12.3. The highest BCUT2D eigenvalue weighted by molar-refractivity contribution is 6.37. The summed E-state index contributed by atoms with van der Waals surface area (Å²) >= 11 is 11.7. The molecule has 0 aliphatic carbocycles. The Morgan fingerprint density at radius 2 is 1.60 bits per heavy atom. The average molecular weight is 309 g/mol. The van der Waals surface area contributed by atoms with Crippen LogP contribution in [0.25, 0.3) is 0 Å². The van der Waals surface area contributed by atoms with Crippen molar-refractivity contribution in [1.29, 1.82) is 0 Å². The van der Waals surface area contributed by atoms with Gasteiger partial charge in [-0.1, -0.05) is 53.5 Å². The Bertz CT molecular complexity index is 586. The Morgan fingerprint density at radius 1 is 1.00 bits per heavy atom. The van der Waals surface area contributed by atoms with E-state index in [4.69, 9.17) is 23.2 Å². The second kappa shape index (κ2) is 6.78. The molecule has 0 radical (unpaired) electrons. The number of benzene rings is 2. The first kappa shape index (κ1) is 14.9. The van der Waals surface area contributed by atoms with E-state index < -0.39 is 0 Å². The van der Waals surface area contributed by atoms with Gasteiger partial charge in [0.1, 0.15) is 5.78 Å². The Hall–Kier alpha value is -1.51. The molecule has 0 heterocycles. The first-order valence-corrected chi connectivity index (χ1v) is 7.04. The lowest BCUT2D eigenvalue weighted by Crippen LogP contribution is -2.04. The van der Waals surface area contributed by atoms with Crippen molar-refractivity contribution in [3.05, 3.63) is 63.6 Å². The lowest BCUT2D eigenvalue weighted by molar-refractivity contribution is -0.118. The number of halogens is 2. The molecule has 0 aliphatic heterocycles. The van der Waals surface area contributed by atoms with Gasteiger partial charge in [0.2, 0.25) is 0 Å². The number of hydrogen-bond acceptors (Lipinski definition) is 2. The third kappa shape index (κ3) is 3.99. The zero-order chi connectivity index (χ0) is 14.5. The highest BCUT2D eigenvalue weighted by Gasteiger charge is 2.10. The molecule has 0 unspecified atom stereocenters. The van der Waals surface area contributed by atoms with Crippen molar-refractivity contribution >= 4 is 29.0 Å². The average Bonchev–Trinajstić information content (AvgIpc) is 2.43. The molecule has 0 amide bonds. The van der Waals surface area contributed by atoms with Gasteiger partial charge in [-0.05, 0) is 29.7 Å². The third-order valence-corrected chi connectivity index (χ3v) is 3.59. The molecule has 2 rings (SSSR count). The van der Waals surface area contributed by atoms with Crippen LogP contribution in [-0.4, -0.2) is 10.9 Å². The van der Waals surface area contributed by atoms with Gasteiger partial charge in [0.15, 0.2) is 5.75 Å². The predicted octanol–water partition coefficient (Wildman–Crippen LogP) is 4.44. The standard InChI is InChI=1S/C16H14Cl2O2/c17-14-9-12(10-15(18)16(14)20)8-13(19)7-6-11-4-2-1-3-5-11/h1-5,9-10,20H,6-8H2. The number of aryl methyl sites for hydroxylation is 1. The molecule has 1 N–H and O–H groups in total. The van der Waals surface area contributed by atoms with Crippen LogP contribution in [-0.2, 0) is 17.6 Å². The van der Waals surface area contributed by atoms with E-state index in [1.165, 1.54) is 0 Å². The van der Waals surface area contributed by atoms with Crippen molar-refractivity contribution in [3.63, 3.8) is 0 Å². The van der Waals surface area contributed by atoms with E-state index in [0.717, 1.165) is 17.5 Å². The maximum atomic E-state index is 11.9. The molecule has 20 heavy (non-hydrogen) atoms. The Morgan fingerprint density at radius 3 is 2.20 bits per heavy atom. The summed E-state index contributed by atoms with van der Waals surface area (Å²) in [5.74, 6) is -0.0273. The molecule has 4 heteroatoms. The van der Waals surface area contributed by atoms with Crippen molar-refractivity contribution in [2.75, 3.05) is 0 Å². The fourth-order valence-electron chi connectivity index (χ4n) is 1.96. The summed E-state index contributed by atoms with van der Waals surface area (Å²) in [5.41, 5.74) is 1.86. The Balaban J connectivity index is 1.95. The zero-order valence-electron chi connectivity index (χ0n) is 10.8. The highest BCUT2D eigenvalue weighted by Crippen LogP contribution is 2.32. The lowest BCUT2D eigenvalue weighted by atomic mass is 10.0. The molecule has 2 aromatic rings. The molecular formula is C16H14Cl2O2. The minimum Gasteiger partial charge on any atom is -0.505 e. The number of ketones is 1. The predicted molar refractivity (Wildman–Crippen MR) is 81.6 cm³/mol. The Kier molecular flexibility index (Phi) is 5.05. The molecule has 0 spiro atoms. The molecule has 2 aromatic carbocycles. The maximum absolute atomic E-state index is 11.9. The van der Waals surface area contributed by atoms with Crippen molar-refractivity contribution in [2.45, 2.75) is 19.3 Å². The topological polar surface area (TPSA) is 37.3 Å². The number of aromatic hydroxyl groups is 1. The summed E-state index contributed by atoms with van der Waals surface area (Å²) < 4.78 is 0. The molecule has 0 saturated carbocycles. The van der Waals surface area contributed by atoms with Crippen LogP contribution in [0.3, 0.4) is 0 Å². The first-order chi connectivity index (χ1) is 9.56. The van der Waals surface area contributed by atoms with E-state index in [2.05, 4.69) is 0 Å². The van der Waals surface area contributed by atoms with Gasteiger partial charge in [-0.2, -0.15) is 0 Å². The summed E-state index contributed by atoms with van der Waals surface area (Å²) in [6.45, 7) is 0. The van der Waals surface area contributed by atoms with E-state index in [0.29, 0.717) is 6.42 Å². The number of carbonyl (C=O) groups excluding carboxylic acids is 1. The fraction of sp³-hybridized carbons (Fsp3) is 0.188. The van der Waals surface area contributed by atoms with Crippen LogP contribution in [0.4, 0.5) is 0 Å². The van der Waals surface area contributed by atoms with Gasteiger partial charge in [0.25, 0.3) is 0 Å². The van der Waals surface area contributed by atoms with Crippen LogP contribution in [0, 0.1) is 0 Å². The van der Waals surface area contributed by atoms with Crippen LogP contribution in [0.5, 0.6) is 5.75 Å². The number of phenols is 1. The molecule has 0 atom stereocenters. The minimum absolute atomic E-state index is 0.117. The highest BCUT2D eigenvalue weighted by atomic mass is 35.5. The van der Waals surface area contributed by atoms with Crippen LogP contribution in [0.1, 0.15) is 17.5 Å². The SMILES string of the molecule is O=C(CCc1ccccc1)Cc1cc(Cl)c(O)c(Cl)c1. The Labute approximate surface area is 128 Å². The number of Topliss-reactive ketones (excluding diaryl/α,β-unsaturated/α-hetero) is 1. The first-order valence-electron chi connectivity index (χ1n) is 6.29. The summed E-state index contributed by atoms with van der Waals surface area (Å²) in [7, 11) is 0. The number of carbonyl (C=O) groups is 1. The van der Waals surface area contributed by atoms with Gasteiger partial charge < -0.3 is 5.11 Å². The second-order valence-electron chi connectivity index (χ2n) is 4.61. The van der Waals surface area contributed by atoms with Gasteiger partial charge in [0.05, 0.1) is 10.0 Å². The molecule has 0 aliphatic rings. The molecule has 0 bridgehead atoms. The molecular weight excluding hydrogens is 295 g/mol. The van der Waals surface area contributed by atoms with Crippen molar-refractivity contribution in [2.24, 2.45) is 0 Å². The van der Waals surface area contributed by atoms with Crippen LogP contribution >= 0.6 is 23.2 Å². The maximum Gasteiger partial charge on any atom is 0.152 e. The summed E-state index contributed by atoms with van der Waals surface area (Å²) in [5, 5.41) is 9.81. The molecule has 0 saturated heterocycles. The third-order valence-electron chi connectivity index (χ3n) is 3.01. The van der Waals surface area contributed by atoms with Gasteiger partial charge >= 0.3 is 0 Å². The fourth-order valence-corrected chi connectivity index (χ4v) is 2.50.